The van der Waals surface area contributed by atoms with Gasteiger partial charge in [0.05, 0.1) is 18.3 Å². The Balaban J connectivity index is 1.38. The summed E-state index contributed by atoms with van der Waals surface area (Å²) in [5, 5.41) is 5.07. The van der Waals surface area contributed by atoms with Gasteiger partial charge >= 0.3 is 0 Å². The lowest BCUT2D eigenvalue weighted by atomic mass is 9.93. The van der Waals surface area contributed by atoms with Crippen molar-refractivity contribution in [2.45, 2.75) is 38.4 Å². The van der Waals surface area contributed by atoms with Crippen LogP contribution in [0.25, 0.3) is 10.2 Å². The molecule has 0 fully saturated rings. The zero-order valence-electron chi connectivity index (χ0n) is 16.8. The molecule has 2 heterocycles. The molecule has 4 aromatic rings. The second-order valence-corrected chi connectivity index (χ2v) is 9.36. The molecule has 1 aliphatic carbocycles. The third-order valence-corrected chi connectivity index (χ3v) is 7.40. The summed E-state index contributed by atoms with van der Waals surface area (Å²) in [6, 6.07) is 14.7. The monoisotopic (exact) mass is 453 g/mol. The molecule has 7 heteroatoms. The first-order valence-corrected chi connectivity index (χ1v) is 11.5. The number of aryl methyl sites for hydroxylation is 1. The predicted molar refractivity (Wildman–Crippen MR) is 123 cm³/mol. The molecule has 1 aliphatic rings. The molecule has 2 aromatic heterocycles. The third kappa shape index (κ3) is 4.03. The van der Waals surface area contributed by atoms with Gasteiger partial charge in [0.15, 0.2) is 0 Å². The molecule has 0 amide bonds. The van der Waals surface area contributed by atoms with Crippen LogP contribution >= 0.6 is 22.9 Å². The maximum absolute atomic E-state index is 14.0. The van der Waals surface area contributed by atoms with Crippen molar-refractivity contribution in [3.8, 4) is 0 Å². The van der Waals surface area contributed by atoms with Gasteiger partial charge in [-0.05, 0) is 42.5 Å². The van der Waals surface area contributed by atoms with Crippen LogP contribution in [-0.2, 0) is 25.9 Å². The van der Waals surface area contributed by atoms with Crippen molar-refractivity contribution in [1.82, 2.24) is 14.9 Å². The van der Waals surface area contributed by atoms with E-state index in [0.29, 0.717) is 17.0 Å². The Labute approximate surface area is 188 Å². The number of hydrogen-bond donors (Lipinski definition) is 1. The van der Waals surface area contributed by atoms with Gasteiger partial charge in [0.2, 0.25) is 0 Å². The second kappa shape index (κ2) is 8.54. The molecule has 0 radical (unpaired) electrons. The molecule has 0 aliphatic heterocycles. The van der Waals surface area contributed by atoms with E-state index in [4.69, 9.17) is 11.6 Å². The van der Waals surface area contributed by atoms with E-state index in [-0.39, 0.29) is 17.9 Å². The average molecular weight is 454 g/mol. The highest BCUT2D eigenvalue weighted by molar-refractivity contribution is 7.18. The molecule has 4 nitrogen and oxygen atoms in total. The first kappa shape index (κ1) is 20.4. The predicted octanol–water partition coefficient (Wildman–Crippen LogP) is 4.95. The summed E-state index contributed by atoms with van der Waals surface area (Å²) in [6.45, 7) is 0.902. The number of halogens is 2. The average Bonchev–Trinajstić information content (AvgIpc) is 3.15. The number of hydrogen-bond acceptors (Lipinski definition) is 4. The third-order valence-electron chi connectivity index (χ3n) is 5.87. The summed E-state index contributed by atoms with van der Waals surface area (Å²) in [7, 11) is 0. The smallest absolute Gasteiger partial charge is 0.262 e. The minimum Gasteiger partial charge on any atom is -0.309 e. The SMILES string of the molecule is O=c1c2c3c(sc2ncn1Cc1ccccc1F)C[C@H](NCc1ccccc1Cl)CC3. The number of rotatable bonds is 5. The molecule has 1 atom stereocenters. The van der Waals surface area contributed by atoms with Gasteiger partial charge < -0.3 is 5.32 Å². The van der Waals surface area contributed by atoms with E-state index in [1.54, 1.807) is 29.5 Å². The summed E-state index contributed by atoms with van der Waals surface area (Å²) < 4.78 is 15.6. The lowest BCUT2D eigenvalue weighted by Gasteiger charge is -2.23. The van der Waals surface area contributed by atoms with Crippen LogP contribution in [0.4, 0.5) is 4.39 Å². The maximum atomic E-state index is 14.0. The van der Waals surface area contributed by atoms with E-state index in [2.05, 4.69) is 10.3 Å². The first-order valence-electron chi connectivity index (χ1n) is 10.3. The van der Waals surface area contributed by atoms with Crippen molar-refractivity contribution in [2.75, 3.05) is 0 Å². The molecule has 31 heavy (non-hydrogen) atoms. The molecule has 0 saturated carbocycles. The van der Waals surface area contributed by atoms with Gasteiger partial charge in [-0.25, -0.2) is 9.37 Å². The molecule has 0 spiro atoms. The number of aromatic nitrogens is 2. The second-order valence-electron chi connectivity index (χ2n) is 7.87. The quantitative estimate of drug-likeness (QED) is 0.465. The number of fused-ring (bicyclic) bond motifs is 3. The Bertz CT molecular complexity index is 1320. The Morgan fingerprint density at radius 2 is 1.94 bits per heavy atom. The molecule has 158 valence electrons. The fourth-order valence-corrected chi connectivity index (χ4v) is 5.65. The van der Waals surface area contributed by atoms with Crippen molar-refractivity contribution in [3.05, 3.63) is 97.6 Å². The zero-order chi connectivity index (χ0) is 21.4. The van der Waals surface area contributed by atoms with Crippen molar-refractivity contribution in [3.63, 3.8) is 0 Å². The summed E-state index contributed by atoms with van der Waals surface area (Å²) in [5.74, 6) is -0.311. The number of thiophene rings is 1. The van der Waals surface area contributed by atoms with Crippen LogP contribution in [0.5, 0.6) is 0 Å². The van der Waals surface area contributed by atoms with E-state index in [1.807, 2.05) is 24.3 Å². The Morgan fingerprint density at radius 1 is 1.16 bits per heavy atom. The fourth-order valence-electron chi connectivity index (χ4n) is 4.19. The van der Waals surface area contributed by atoms with E-state index in [1.165, 1.54) is 21.8 Å². The van der Waals surface area contributed by atoms with Gasteiger partial charge in [0, 0.05) is 28.0 Å². The number of benzene rings is 2. The molecule has 0 saturated heterocycles. The molecular formula is C24H21ClFN3OS. The topological polar surface area (TPSA) is 46.9 Å². The lowest BCUT2D eigenvalue weighted by Crippen LogP contribution is -2.34. The Hall–Kier alpha value is -2.54. The van der Waals surface area contributed by atoms with Crippen LogP contribution in [0.2, 0.25) is 5.02 Å². The van der Waals surface area contributed by atoms with E-state index < -0.39 is 0 Å². The molecule has 0 bridgehead atoms. The number of nitrogens with one attached hydrogen (secondary N) is 1. The van der Waals surface area contributed by atoms with Crippen molar-refractivity contribution in [1.29, 1.82) is 0 Å². The number of nitrogens with zero attached hydrogens (tertiary/aromatic N) is 2. The Morgan fingerprint density at radius 3 is 2.74 bits per heavy atom. The summed E-state index contributed by atoms with van der Waals surface area (Å²) in [6.07, 6.45) is 4.18. The fraction of sp³-hybridized carbons (Fsp3) is 0.250. The highest BCUT2D eigenvalue weighted by Gasteiger charge is 2.25. The highest BCUT2D eigenvalue weighted by atomic mass is 35.5. The lowest BCUT2D eigenvalue weighted by molar-refractivity contribution is 0.463. The van der Waals surface area contributed by atoms with E-state index >= 15 is 0 Å². The van der Waals surface area contributed by atoms with Gasteiger partial charge in [-0.1, -0.05) is 48.0 Å². The molecule has 1 N–H and O–H groups in total. The van der Waals surface area contributed by atoms with E-state index in [9.17, 15) is 9.18 Å². The van der Waals surface area contributed by atoms with Crippen LogP contribution in [0.3, 0.4) is 0 Å². The first-order chi connectivity index (χ1) is 15.1. The molecule has 0 unspecified atom stereocenters. The van der Waals surface area contributed by atoms with Crippen molar-refractivity contribution >= 4 is 33.2 Å². The van der Waals surface area contributed by atoms with Gasteiger partial charge in [-0.2, -0.15) is 0 Å². The zero-order valence-corrected chi connectivity index (χ0v) is 18.3. The van der Waals surface area contributed by atoms with Crippen LogP contribution < -0.4 is 10.9 Å². The summed E-state index contributed by atoms with van der Waals surface area (Å²) in [5.41, 5.74) is 2.59. The van der Waals surface area contributed by atoms with Crippen LogP contribution in [-0.4, -0.2) is 15.6 Å². The van der Waals surface area contributed by atoms with Crippen LogP contribution in [0, 0.1) is 5.82 Å². The van der Waals surface area contributed by atoms with Crippen LogP contribution in [0.1, 0.15) is 28.0 Å². The standard InChI is InChI=1S/C24H21ClFN3OS/c25-19-7-3-1-5-15(19)12-27-17-9-10-18-21(11-17)31-23-22(18)24(30)29(14-28-23)13-16-6-2-4-8-20(16)26/h1-8,14,17,27H,9-13H2/t17-/m1/s1. The largest absolute Gasteiger partial charge is 0.309 e. The molecule has 5 rings (SSSR count). The van der Waals surface area contributed by atoms with E-state index in [0.717, 1.165) is 46.8 Å². The van der Waals surface area contributed by atoms with Crippen molar-refractivity contribution < 1.29 is 4.39 Å². The highest BCUT2D eigenvalue weighted by Crippen LogP contribution is 2.34. The van der Waals surface area contributed by atoms with Gasteiger partial charge in [-0.15, -0.1) is 11.3 Å². The van der Waals surface area contributed by atoms with Crippen molar-refractivity contribution in [2.24, 2.45) is 0 Å². The van der Waals surface area contributed by atoms with Gasteiger partial charge in [0.1, 0.15) is 10.6 Å². The molecule has 2 aromatic carbocycles. The van der Waals surface area contributed by atoms with Gasteiger partial charge in [0.25, 0.3) is 5.56 Å². The summed E-state index contributed by atoms with van der Waals surface area (Å²) in [4.78, 5) is 19.7. The normalized spacial score (nSPS) is 15.9. The van der Waals surface area contributed by atoms with Crippen LogP contribution in [0.15, 0.2) is 59.7 Å². The maximum Gasteiger partial charge on any atom is 0.262 e. The minimum atomic E-state index is -0.311. The summed E-state index contributed by atoms with van der Waals surface area (Å²) >= 11 is 7.87. The Kier molecular flexibility index (Phi) is 5.61. The van der Waals surface area contributed by atoms with Gasteiger partial charge in [-0.3, -0.25) is 9.36 Å². The molecular weight excluding hydrogens is 433 g/mol. The minimum absolute atomic E-state index is 0.0896.